The van der Waals surface area contributed by atoms with Crippen molar-refractivity contribution >= 4 is 17.5 Å². The van der Waals surface area contributed by atoms with Gasteiger partial charge in [-0.1, -0.05) is 38.5 Å². The van der Waals surface area contributed by atoms with Crippen LogP contribution in [0.5, 0.6) is 0 Å². The van der Waals surface area contributed by atoms with Crippen LogP contribution in [0.2, 0.25) is 0 Å². The number of hydrogen-bond donors (Lipinski definition) is 2. The van der Waals surface area contributed by atoms with Gasteiger partial charge in [-0.25, -0.2) is 0 Å². The minimum Gasteiger partial charge on any atom is -0.356 e. The third-order valence-electron chi connectivity index (χ3n) is 3.18. The zero-order valence-corrected chi connectivity index (χ0v) is 12.6. The van der Waals surface area contributed by atoms with Gasteiger partial charge in [-0.2, -0.15) is 0 Å². The molecule has 0 saturated heterocycles. The van der Waals surface area contributed by atoms with Gasteiger partial charge in [-0.15, -0.1) is 0 Å². The molecule has 0 spiro atoms. The van der Waals surface area contributed by atoms with Gasteiger partial charge in [-0.05, 0) is 30.9 Å². The smallest absolute Gasteiger partial charge is 0.233 e. The third kappa shape index (κ3) is 5.03. The first-order valence-corrected chi connectivity index (χ1v) is 7.23. The van der Waals surface area contributed by atoms with E-state index in [0.717, 1.165) is 36.1 Å². The summed E-state index contributed by atoms with van der Waals surface area (Å²) in [5, 5.41) is 5.59. The van der Waals surface area contributed by atoms with E-state index in [9.17, 15) is 9.59 Å². The molecule has 0 aliphatic heterocycles. The highest BCUT2D eigenvalue weighted by Gasteiger charge is 2.12. The summed E-state index contributed by atoms with van der Waals surface area (Å²) in [6.07, 6.45) is 2.68. The predicted molar refractivity (Wildman–Crippen MR) is 81.7 cm³/mol. The number of rotatable bonds is 7. The Morgan fingerprint density at radius 3 is 2.55 bits per heavy atom. The van der Waals surface area contributed by atoms with E-state index in [2.05, 4.69) is 17.6 Å². The molecule has 0 bridgehead atoms. The van der Waals surface area contributed by atoms with Crippen molar-refractivity contribution in [3.05, 3.63) is 29.3 Å². The molecule has 1 rings (SSSR count). The Labute approximate surface area is 121 Å². The van der Waals surface area contributed by atoms with Crippen molar-refractivity contribution in [2.45, 2.75) is 46.5 Å². The topological polar surface area (TPSA) is 58.2 Å². The van der Waals surface area contributed by atoms with Crippen LogP contribution in [-0.4, -0.2) is 18.4 Å². The summed E-state index contributed by atoms with van der Waals surface area (Å²) in [6.45, 7) is 6.69. The van der Waals surface area contributed by atoms with E-state index in [1.807, 2.05) is 32.0 Å². The normalized spacial score (nSPS) is 10.2. The second-order valence-corrected chi connectivity index (χ2v) is 4.89. The SMILES string of the molecule is CCCCNC(=O)CC(=O)Nc1c(C)cccc1CC. The molecule has 0 aliphatic rings. The van der Waals surface area contributed by atoms with Crippen LogP contribution < -0.4 is 10.6 Å². The Bertz CT molecular complexity index is 470. The lowest BCUT2D eigenvalue weighted by atomic mass is 10.1. The van der Waals surface area contributed by atoms with Crippen LogP contribution in [0.4, 0.5) is 5.69 Å². The predicted octanol–water partition coefficient (Wildman–Crippen LogP) is 2.80. The minimum atomic E-state index is -0.261. The number of carbonyl (C=O) groups is 2. The number of benzene rings is 1. The molecule has 4 heteroatoms. The van der Waals surface area contributed by atoms with Crippen LogP contribution in [0, 0.1) is 6.92 Å². The van der Waals surface area contributed by atoms with Crippen molar-refractivity contribution in [1.82, 2.24) is 5.32 Å². The van der Waals surface area contributed by atoms with Gasteiger partial charge >= 0.3 is 0 Å². The standard InChI is InChI=1S/C16H24N2O2/c1-4-6-10-17-14(19)11-15(20)18-16-12(3)8-7-9-13(16)5-2/h7-9H,4-6,10-11H2,1-3H3,(H,17,19)(H,18,20). The monoisotopic (exact) mass is 276 g/mol. The average Bonchev–Trinajstić information content (AvgIpc) is 2.41. The zero-order valence-electron chi connectivity index (χ0n) is 12.6. The maximum Gasteiger partial charge on any atom is 0.233 e. The molecule has 0 atom stereocenters. The largest absolute Gasteiger partial charge is 0.356 e. The molecule has 4 nitrogen and oxygen atoms in total. The Kier molecular flexibility index (Phi) is 6.77. The first-order chi connectivity index (χ1) is 9.58. The number of unbranched alkanes of at least 4 members (excludes halogenated alkanes) is 1. The quantitative estimate of drug-likeness (QED) is 0.594. The summed E-state index contributed by atoms with van der Waals surface area (Å²) in [5.41, 5.74) is 2.94. The molecule has 0 radical (unpaired) electrons. The molecule has 20 heavy (non-hydrogen) atoms. The van der Waals surface area contributed by atoms with E-state index < -0.39 is 0 Å². The second-order valence-electron chi connectivity index (χ2n) is 4.89. The van der Waals surface area contributed by atoms with Crippen LogP contribution in [-0.2, 0) is 16.0 Å². The van der Waals surface area contributed by atoms with Gasteiger partial charge in [0, 0.05) is 12.2 Å². The number of nitrogens with one attached hydrogen (secondary N) is 2. The first-order valence-electron chi connectivity index (χ1n) is 7.23. The number of aryl methyl sites for hydroxylation is 2. The lowest BCUT2D eigenvalue weighted by molar-refractivity contribution is -0.126. The highest BCUT2D eigenvalue weighted by molar-refractivity contribution is 6.04. The van der Waals surface area contributed by atoms with Gasteiger partial charge < -0.3 is 10.6 Å². The molecule has 0 aromatic heterocycles. The first kappa shape index (κ1) is 16.2. The summed E-state index contributed by atoms with van der Waals surface area (Å²) in [5.74, 6) is -0.481. The number of carbonyl (C=O) groups excluding carboxylic acids is 2. The van der Waals surface area contributed by atoms with Gasteiger partial charge in [0.05, 0.1) is 0 Å². The van der Waals surface area contributed by atoms with Crippen molar-refractivity contribution < 1.29 is 9.59 Å². The zero-order chi connectivity index (χ0) is 15.0. The van der Waals surface area contributed by atoms with Crippen molar-refractivity contribution in [1.29, 1.82) is 0 Å². The number of amides is 2. The highest BCUT2D eigenvalue weighted by Crippen LogP contribution is 2.21. The van der Waals surface area contributed by atoms with E-state index in [4.69, 9.17) is 0 Å². The Morgan fingerprint density at radius 1 is 1.15 bits per heavy atom. The Balaban J connectivity index is 2.56. The minimum absolute atomic E-state index is 0.124. The number of hydrogen-bond acceptors (Lipinski definition) is 2. The summed E-state index contributed by atoms with van der Waals surface area (Å²) < 4.78 is 0. The van der Waals surface area contributed by atoms with Crippen molar-refractivity contribution in [2.24, 2.45) is 0 Å². The van der Waals surface area contributed by atoms with Gasteiger partial charge in [0.25, 0.3) is 0 Å². The van der Waals surface area contributed by atoms with Gasteiger partial charge in [0.1, 0.15) is 6.42 Å². The van der Waals surface area contributed by atoms with Crippen LogP contribution in [0.15, 0.2) is 18.2 Å². The van der Waals surface area contributed by atoms with Crippen LogP contribution >= 0.6 is 0 Å². The highest BCUT2D eigenvalue weighted by atomic mass is 16.2. The second kappa shape index (κ2) is 8.35. The molecule has 1 aromatic rings. The molecule has 0 fully saturated rings. The van der Waals surface area contributed by atoms with Crippen molar-refractivity contribution in [2.75, 3.05) is 11.9 Å². The molecular formula is C16H24N2O2. The number of para-hydroxylation sites is 1. The fourth-order valence-corrected chi connectivity index (χ4v) is 2.00. The third-order valence-corrected chi connectivity index (χ3v) is 3.18. The molecule has 1 aromatic carbocycles. The molecular weight excluding hydrogens is 252 g/mol. The molecule has 0 heterocycles. The summed E-state index contributed by atoms with van der Waals surface area (Å²) in [4.78, 5) is 23.5. The maximum atomic E-state index is 11.9. The summed E-state index contributed by atoms with van der Waals surface area (Å²) in [7, 11) is 0. The molecule has 110 valence electrons. The molecule has 2 amide bonds. The summed E-state index contributed by atoms with van der Waals surface area (Å²) in [6, 6.07) is 5.92. The van der Waals surface area contributed by atoms with Crippen LogP contribution in [0.3, 0.4) is 0 Å². The molecule has 0 unspecified atom stereocenters. The van der Waals surface area contributed by atoms with Gasteiger partial charge in [0.2, 0.25) is 11.8 Å². The Morgan fingerprint density at radius 2 is 1.90 bits per heavy atom. The van der Waals surface area contributed by atoms with Gasteiger partial charge in [0.15, 0.2) is 0 Å². The lowest BCUT2D eigenvalue weighted by Crippen LogP contribution is -2.29. The van der Waals surface area contributed by atoms with Crippen molar-refractivity contribution in [3.8, 4) is 0 Å². The molecule has 0 saturated carbocycles. The summed E-state index contributed by atoms with van der Waals surface area (Å²) >= 11 is 0. The van der Waals surface area contributed by atoms with Crippen LogP contribution in [0.25, 0.3) is 0 Å². The van der Waals surface area contributed by atoms with E-state index in [-0.39, 0.29) is 18.2 Å². The van der Waals surface area contributed by atoms with E-state index in [1.54, 1.807) is 0 Å². The van der Waals surface area contributed by atoms with E-state index in [1.165, 1.54) is 0 Å². The lowest BCUT2D eigenvalue weighted by Gasteiger charge is -2.13. The van der Waals surface area contributed by atoms with Crippen LogP contribution in [0.1, 0.15) is 44.2 Å². The fraction of sp³-hybridized carbons (Fsp3) is 0.500. The molecule has 2 N–H and O–H groups in total. The van der Waals surface area contributed by atoms with Gasteiger partial charge in [-0.3, -0.25) is 9.59 Å². The van der Waals surface area contributed by atoms with E-state index in [0.29, 0.717) is 6.54 Å². The molecule has 0 aliphatic carbocycles. The average molecular weight is 276 g/mol. The number of anilines is 1. The van der Waals surface area contributed by atoms with E-state index >= 15 is 0 Å². The fourth-order valence-electron chi connectivity index (χ4n) is 2.00. The maximum absolute atomic E-state index is 11.9. The van der Waals surface area contributed by atoms with Crippen molar-refractivity contribution in [3.63, 3.8) is 0 Å². The Hall–Kier alpha value is -1.84.